The molecule has 1 aromatic rings. The highest BCUT2D eigenvalue weighted by molar-refractivity contribution is 5.74. The first-order valence-electron chi connectivity index (χ1n) is 9.19. The Kier molecular flexibility index (Phi) is 5.13. The van der Waals surface area contributed by atoms with Crippen molar-refractivity contribution in [3.8, 4) is 0 Å². The zero-order chi connectivity index (χ0) is 17.2. The van der Waals surface area contributed by atoms with E-state index in [0.29, 0.717) is 12.0 Å². The zero-order valence-electron chi connectivity index (χ0n) is 15.2. The number of H-pyrrole nitrogens is 1. The Morgan fingerprint density at radius 1 is 1.42 bits per heavy atom. The maximum absolute atomic E-state index is 12.6. The maximum atomic E-state index is 12.6. The van der Waals surface area contributed by atoms with Gasteiger partial charge < -0.3 is 15.1 Å². The van der Waals surface area contributed by atoms with Crippen LogP contribution >= 0.6 is 0 Å². The normalized spacial score (nSPS) is 27.9. The standard InChI is InChI=1S/C18H31N5O/c1-18(2)8-5-10-22(3)16(18)12-19-17(24)23-11-4-6-14(13-23)15-7-9-20-21-15/h7,9,14,16H,4-6,8,10-13H2,1-3H3,(H,19,24)(H,20,21)/t14-,16-/m0/s1. The summed E-state index contributed by atoms with van der Waals surface area (Å²) in [6, 6.07) is 2.50. The van der Waals surface area contributed by atoms with Crippen LogP contribution in [0, 0.1) is 5.41 Å². The summed E-state index contributed by atoms with van der Waals surface area (Å²) >= 11 is 0. The van der Waals surface area contributed by atoms with E-state index in [9.17, 15) is 4.79 Å². The van der Waals surface area contributed by atoms with Crippen molar-refractivity contribution in [2.75, 3.05) is 33.2 Å². The van der Waals surface area contributed by atoms with Crippen molar-refractivity contribution in [1.29, 1.82) is 0 Å². The number of aromatic nitrogens is 2. The van der Waals surface area contributed by atoms with Crippen molar-refractivity contribution in [1.82, 2.24) is 25.3 Å². The second-order valence-corrected chi connectivity index (χ2v) is 8.07. The predicted octanol–water partition coefficient (Wildman–Crippen LogP) is 2.42. The third kappa shape index (κ3) is 3.74. The predicted molar refractivity (Wildman–Crippen MR) is 95.0 cm³/mol. The van der Waals surface area contributed by atoms with Crippen LogP contribution in [-0.2, 0) is 0 Å². The molecule has 2 saturated heterocycles. The molecule has 0 spiro atoms. The number of rotatable bonds is 3. The number of likely N-dealkylation sites (N-methyl/N-ethyl adjacent to an activating group) is 1. The van der Waals surface area contributed by atoms with Gasteiger partial charge in [0.05, 0.1) is 0 Å². The number of urea groups is 1. The molecule has 3 rings (SSSR count). The van der Waals surface area contributed by atoms with Crippen LogP contribution in [-0.4, -0.2) is 65.3 Å². The first-order chi connectivity index (χ1) is 11.5. The molecule has 2 aliphatic heterocycles. The van der Waals surface area contributed by atoms with Gasteiger partial charge in [0.25, 0.3) is 0 Å². The smallest absolute Gasteiger partial charge is 0.317 e. The highest BCUT2D eigenvalue weighted by atomic mass is 16.2. The average molecular weight is 333 g/mol. The summed E-state index contributed by atoms with van der Waals surface area (Å²) in [5, 5.41) is 10.3. The van der Waals surface area contributed by atoms with Crippen molar-refractivity contribution in [2.45, 2.75) is 51.5 Å². The second-order valence-electron chi connectivity index (χ2n) is 8.07. The fourth-order valence-electron chi connectivity index (χ4n) is 4.34. The van der Waals surface area contributed by atoms with Crippen molar-refractivity contribution in [3.63, 3.8) is 0 Å². The molecule has 0 aliphatic carbocycles. The minimum atomic E-state index is 0.0778. The van der Waals surface area contributed by atoms with Crippen LogP contribution in [0.25, 0.3) is 0 Å². The number of hydrogen-bond acceptors (Lipinski definition) is 3. The Morgan fingerprint density at radius 2 is 2.25 bits per heavy atom. The topological polar surface area (TPSA) is 64.3 Å². The van der Waals surface area contributed by atoms with E-state index in [2.05, 4.69) is 41.3 Å². The van der Waals surface area contributed by atoms with Gasteiger partial charge in [0, 0.05) is 43.5 Å². The van der Waals surface area contributed by atoms with Crippen molar-refractivity contribution < 1.29 is 4.79 Å². The second kappa shape index (κ2) is 7.13. The van der Waals surface area contributed by atoms with Gasteiger partial charge in [0.2, 0.25) is 0 Å². The average Bonchev–Trinajstić information content (AvgIpc) is 3.08. The number of nitrogens with zero attached hydrogens (tertiary/aromatic N) is 3. The molecule has 2 N–H and O–H groups in total. The number of carbonyl (C=O) groups excluding carboxylic acids is 1. The third-order valence-corrected chi connectivity index (χ3v) is 5.88. The van der Waals surface area contributed by atoms with Gasteiger partial charge in [-0.05, 0) is 50.8 Å². The fraction of sp³-hybridized carbons (Fsp3) is 0.778. The lowest BCUT2D eigenvalue weighted by Gasteiger charge is -2.45. The monoisotopic (exact) mass is 333 g/mol. The molecule has 24 heavy (non-hydrogen) atoms. The van der Waals surface area contributed by atoms with E-state index in [1.807, 2.05) is 11.0 Å². The van der Waals surface area contributed by atoms with E-state index in [1.54, 1.807) is 6.20 Å². The Morgan fingerprint density at radius 3 is 2.96 bits per heavy atom. The molecule has 6 nitrogen and oxygen atoms in total. The van der Waals surface area contributed by atoms with Crippen LogP contribution in [0.4, 0.5) is 4.79 Å². The van der Waals surface area contributed by atoms with Crippen LogP contribution < -0.4 is 5.32 Å². The highest BCUT2D eigenvalue weighted by Crippen LogP contribution is 2.34. The van der Waals surface area contributed by atoms with E-state index in [4.69, 9.17) is 0 Å². The quantitative estimate of drug-likeness (QED) is 0.893. The van der Waals surface area contributed by atoms with E-state index >= 15 is 0 Å². The van der Waals surface area contributed by atoms with E-state index in [1.165, 1.54) is 12.8 Å². The number of hydrogen-bond donors (Lipinski definition) is 2. The zero-order valence-corrected chi connectivity index (χ0v) is 15.2. The van der Waals surface area contributed by atoms with Crippen molar-refractivity contribution in [3.05, 3.63) is 18.0 Å². The van der Waals surface area contributed by atoms with Gasteiger partial charge in [-0.15, -0.1) is 0 Å². The molecular formula is C18H31N5O. The molecule has 2 atom stereocenters. The maximum Gasteiger partial charge on any atom is 0.317 e. The molecule has 0 saturated carbocycles. The summed E-state index contributed by atoms with van der Waals surface area (Å²) in [5.41, 5.74) is 1.39. The number of nitrogens with one attached hydrogen (secondary N) is 2. The van der Waals surface area contributed by atoms with Gasteiger partial charge in [-0.2, -0.15) is 5.10 Å². The first-order valence-corrected chi connectivity index (χ1v) is 9.19. The Labute approximate surface area is 145 Å². The molecule has 2 amide bonds. The van der Waals surface area contributed by atoms with Crippen LogP contribution in [0.5, 0.6) is 0 Å². The highest BCUT2D eigenvalue weighted by Gasteiger charge is 2.36. The molecule has 0 unspecified atom stereocenters. The van der Waals surface area contributed by atoms with Gasteiger partial charge in [-0.1, -0.05) is 13.8 Å². The van der Waals surface area contributed by atoms with E-state index in [-0.39, 0.29) is 11.4 Å². The van der Waals surface area contributed by atoms with Gasteiger partial charge in [0.1, 0.15) is 0 Å². The molecule has 0 bridgehead atoms. The van der Waals surface area contributed by atoms with Gasteiger partial charge >= 0.3 is 6.03 Å². The van der Waals surface area contributed by atoms with Gasteiger partial charge in [-0.25, -0.2) is 4.79 Å². The van der Waals surface area contributed by atoms with Crippen LogP contribution in [0.2, 0.25) is 0 Å². The molecule has 0 aromatic carbocycles. The molecule has 6 heteroatoms. The van der Waals surface area contributed by atoms with Crippen LogP contribution in [0.3, 0.4) is 0 Å². The summed E-state index contributed by atoms with van der Waals surface area (Å²) in [6.07, 6.45) is 6.42. The molecule has 3 heterocycles. The van der Waals surface area contributed by atoms with Crippen LogP contribution in [0.1, 0.15) is 51.1 Å². The third-order valence-electron chi connectivity index (χ3n) is 5.88. The minimum Gasteiger partial charge on any atom is -0.336 e. The lowest BCUT2D eigenvalue weighted by molar-refractivity contribution is 0.0584. The molecule has 1 aromatic heterocycles. The summed E-state index contributed by atoms with van der Waals surface area (Å²) in [7, 11) is 2.17. The molecule has 2 fully saturated rings. The summed E-state index contributed by atoms with van der Waals surface area (Å²) in [6.45, 7) is 8.10. The van der Waals surface area contributed by atoms with Crippen LogP contribution in [0.15, 0.2) is 12.3 Å². The number of piperidine rings is 2. The largest absolute Gasteiger partial charge is 0.336 e. The van der Waals surface area contributed by atoms with Gasteiger partial charge in [0.15, 0.2) is 0 Å². The lowest BCUT2D eigenvalue weighted by atomic mass is 9.76. The summed E-state index contributed by atoms with van der Waals surface area (Å²) < 4.78 is 0. The number of carbonyl (C=O) groups is 1. The SMILES string of the molecule is CN1CCCC(C)(C)[C@@H]1CNC(=O)N1CCC[C@H](c2ccn[nH]2)C1. The number of likely N-dealkylation sites (tertiary alicyclic amines) is 2. The minimum absolute atomic E-state index is 0.0778. The Bertz CT molecular complexity index is 542. The number of aromatic amines is 1. The molecular weight excluding hydrogens is 302 g/mol. The lowest BCUT2D eigenvalue weighted by Crippen LogP contribution is -2.55. The first kappa shape index (κ1) is 17.3. The Balaban J connectivity index is 1.54. The summed E-state index contributed by atoms with van der Waals surface area (Å²) in [4.78, 5) is 17.0. The Hall–Kier alpha value is -1.56. The fourth-order valence-corrected chi connectivity index (χ4v) is 4.34. The van der Waals surface area contributed by atoms with Crippen molar-refractivity contribution in [2.24, 2.45) is 5.41 Å². The molecule has 2 aliphatic rings. The number of amides is 2. The molecule has 0 radical (unpaired) electrons. The van der Waals surface area contributed by atoms with E-state index < -0.39 is 0 Å². The molecule has 134 valence electrons. The van der Waals surface area contributed by atoms with E-state index in [0.717, 1.165) is 44.7 Å². The van der Waals surface area contributed by atoms with Crippen molar-refractivity contribution >= 4 is 6.03 Å². The van der Waals surface area contributed by atoms with Gasteiger partial charge in [-0.3, -0.25) is 5.10 Å². The summed E-state index contributed by atoms with van der Waals surface area (Å²) in [5.74, 6) is 0.376.